The fraction of sp³-hybridized carbons (Fsp3) is 0.308. The number of alkyl halides is 3. The van der Waals surface area contributed by atoms with Crippen LogP contribution in [0.1, 0.15) is 11.1 Å². The third kappa shape index (κ3) is 3.35. The van der Waals surface area contributed by atoms with Crippen molar-refractivity contribution in [1.29, 1.82) is 0 Å². The number of H-pyrrole nitrogens is 1. The van der Waals surface area contributed by atoms with Gasteiger partial charge in [-0.1, -0.05) is 0 Å². The maximum Gasteiger partial charge on any atom is 0.416 e. The molecule has 6 nitrogen and oxygen atoms in total. The van der Waals surface area contributed by atoms with E-state index < -0.39 is 11.7 Å². The van der Waals surface area contributed by atoms with E-state index in [1.54, 1.807) is 25.9 Å². The summed E-state index contributed by atoms with van der Waals surface area (Å²) in [5.41, 5.74) is 5.74. The molecule has 0 bridgehead atoms. The van der Waals surface area contributed by atoms with Crippen LogP contribution in [0.2, 0.25) is 0 Å². The lowest BCUT2D eigenvalue weighted by atomic mass is 10.1. The number of hydrogen-bond donors (Lipinski definition) is 2. The van der Waals surface area contributed by atoms with E-state index in [-0.39, 0.29) is 17.2 Å². The van der Waals surface area contributed by atoms with Crippen LogP contribution in [0.15, 0.2) is 28.4 Å². The van der Waals surface area contributed by atoms with Crippen LogP contribution < -0.4 is 10.6 Å². The van der Waals surface area contributed by atoms with Crippen molar-refractivity contribution in [3.8, 4) is 0 Å². The Morgan fingerprint density at radius 2 is 1.86 bits per heavy atom. The smallest absolute Gasteiger partial charge is 0.382 e. The molecular formula is C13H15F3N6. The van der Waals surface area contributed by atoms with Gasteiger partial charge in [-0.2, -0.15) is 23.4 Å². The molecule has 0 atom stereocenters. The normalized spacial score (nSPS) is 12.1. The Labute approximate surface area is 124 Å². The first-order valence-corrected chi connectivity index (χ1v) is 6.30. The van der Waals surface area contributed by atoms with E-state index in [9.17, 15) is 13.2 Å². The highest BCUT2D eigenvalue weighted by Crippen LogP contribution is 2.35. The molecule has 0 unspecified atom stereocenters. The summed E-state index contributed by atoms with van der Waals surface area (Å²) >= 11 is 0. The summed E-state index contributed by atoms with van der Waals surface area (Å²) in [6.45, 7) is 1.56. The number of nitrogen functional groups attached to an aromatic ring is 1. The molecule has 0 saturated heterocycles. The number of nitrogens with one attached hydrogen (secondary N) is 1. The molecule has 1 aromatic heterocycles. The van der Waals surface area contributed by atoms with Crippen molar-refractivity contribution in [3.63, 3.8) is 0 Å². The maximum atomic E-state index is 12.8. The second-order valence-corrected chi connectivity index (χ2v) is 4.96. The van der Waals surface area contributed by atoms with E-state index in [0.717, 1.165) is 12.1 Å². The Kier molecular flexibility index (Phi) is 4.07. The predicted octanol–water partition coefficient (Wildman–Crippen LogP) is 3.80. The van der Waals surface area contributed by atoms with Crippen LogP contribution in [0, 0.1) is 6.92 Å². The Morgan fingerprint density at radius 1 is 1.18 bits per heavy atom. The number of azo groups is 1. The average Bonchev–Trinajstić information content (AvgIpc) is 2.76. The molecule has 1 heterocycles. The number of anilines is 2. The second kappa shape index (κ2) is 5.66. The van der Waals surface area contributed by atoms with E-state index in [2.05, 4.69) is 20.4 Å². The number of aromatic nitrogens is 2. The average molecular weight is 312 g/mol. The van der Waals surface area contributed by atoms with E-state index in [0.29, 0.717) is 11.4 Å². The van der Waals surface area contributed by atoms with E-state index >= 15 is 0 Å². The minimum Gasteiger partial charge on any atom is -0.382 e. The van der Waals surface area contributed by atoms with Gasteiger partial charge in [-0.25, -0.2) is 0 Å². The fourth-order valence-electron chi connectivity index (χ4n) is 1.84. The first-order chi connectivity index (χ1) is 10.2. The highest BCUT2D eigenvalue weighted by molar-refractivity contribution is 5.72. The van der Waals surface area contributed by atoms with Crippen molar-refractivity contribution in [2.45, 2.75) is 13.1 Å². The van der Waals surface area contributed by atoms with Gasteiger partial charge in [-0.3, -0.25) is 5.10 Å². The van der Waals surface area contributed by atoms with Crippen LogP contribution in [0.5, 0.6) is 0 Å². The molecule has 0 fully saturated rings. The Hall–Kier alpha value is -2.58. The minimum absolute atomic E-state index is 0.0950. The molecule has 0 radical (unpaired) electrons. The van der Waals surface area contributed by atoms with Gasteiger partial charge in [0.15, 0.2) is 11.5 Å². The first-order valence-electron chi connectivity index (χ1n) is 6.30. The van der Waals surface area contributed by atoms with Crippen LogP contribution >= 0.6 is 0 Å². The highest BCUT2D eigenvalue weighted by Gasteiger charge is 2.31. The van der Waals surface area contributed by atoms with Crippen molar-refractivity contribution in [3.05, 3.63) is 29.3 Å². The Morgan fingerprint density at radius 3 is 2.45 bits per heavy atom. The lowest BCUT2D eigenvalue weighted by Gasteiger charge is -2.09. The zero-order valence-electron chi connectivity index (χ0n) is 12.2. The van der Waals surface area contributed by atoms with E-state index in [4.69, 9.17) is 5.73 Å². The number of nitrogens with zero attached hydrogens (tertiary/aromatic N) is 4. The van der Waals surface area contributed by atoms with Crippen molar-refractivity contribution in [2.75, 3.05) is 24.7 Å². The molecule has 0 amide bonds. The molecule has 0 saturated carbocycles. The molecule has 2 rings (SSSR count). The monoisotopic (exact) mass is 312 g/mol. The summed E-state index contributed by atoms with van der Waals surface area (Å²) < 4.78 is 38.3. The lowest BCUT2D eigenvalue weighted by molar-refractivity contribution is -0.137. The van der Waals surface area contributed by atoms with Gasteiger partial charge in [0.2, 0.25) is 0 Å². The van der Waals surface area contributed by atoms with Crippen LogP contribution in [-0.4, -0.2) is 24.3 Å². The van der Waals surface area contributed by atoms with Gasteiger partial charge in [-0.05, 0) is 30.7 Å². The molecule has 1 aromatic carbocycles. The zero-order valence-corrected chi connectivity index (χ0v) is 12.2. The first kappa shape index (κ1) is 15.8. The summed E-state index contributed by atoms with van der Waals surface area (Å²) in [7, 11) is 3.48. The van der Waals surface area contributed by atoms with Gasteiger partial charge < -0.3 is 10.6 Å². The standard InChI is InChI=1S/C13H15F3N6/c1-7-4-8(13(14,15)16)6-9(5-7)18-19-10-11(17)20-21-12(10)22(2)3/h4-6H,1-3H3,(H3,17,20,21). The van der Waals surface area contributed by atoms with Gasteiger partial charge in [0, 0.05) is 14.1 Å². The van der Waals surface area contributed by atoms with Gasteiger partial charge in [0.05, 0.1) is 11.3 Å². The number of aryl methyl sites for hydroxylation is 1. The molecule has 3 N–H and O–H groups in total. The number of hydrogen-bond acceptors (Lipinski definition) is 5. The minimum atomic E-state index is -4.43. The summed E-state index contributed by atoms with van der Waals surface area (Å²) in [4.78, 5) is 1.67. The SMILES string of the molecule is Cc1cc(N=Nc2c(N(C)C)n[nH]c2N)cc(C(F)(F)F)c1. The van der Waals surface area contributed by atoms with Gasteiger partial charge in [0.1, 0.15) is 5.82 Å². The lowest BCUT2D eigenvalue weighted by Crippen LogP contribution is -2.09. The summed E-state index contributed by atoms with van der Waals surface area (Å²) in [5, 5.41) is 14.3. The molecule has 2 aromatic rings. The number of rotatable bonds is 3. The number of nitrogens with two attached hydrogens (primary N) is 1. The number of benzene rings is 1. The summed E-state index contributed by atoms with van der Waals surface area (Å²) in [6, 6.07) is 3.49. The predicted molar refractivity (Wildman–Crippen MR) is 77.7 cm³/mol. The van der Waals surface area contributed by atoms with Crippen molar-refractivity contribution in [1.82, 2.24) is 10.2 Å². The highest BCUT2D eigenvalue weighted by atomic mass is 19.4. The molecule has 22 heavy (non-hydrogen) atoms. The second-order valence-electron chi connectivity index (χ2n) is 4.96. The van der Waals surface area contributed by atoms with Crippen molar-refractivity contribution >= 4 is 23.0 Å². The molecule has 0 aliphatic heterocycles. The van der Waals surface area contributed by atoms with Crippen LogP contribution in [0.3, 0.4) is 0 Å². The van der Waals surface area contributed by atoms with E-state index in [1.807, 2.05) is 0 Å². The van der Waals surface area contributed by atoms with Crippen LogP contribution in [0.4, 0.5) is 36.2 Å². The summed E-state index contributed by atoms with van der Waals surface area (Å²) in [5.74, 6) is 0.640. The molecule has 0 aliphatic rings. The third-order valence-corrected chi connectivity index (χ3v) is 2.83. The maximum absolute atomic E-state index is 12.8. The molecule has 118 valence electrons. The molecular weight excluding hydrogens is 297 g/mol. The number of halogens is 3. The third-order valence-electron chi connectivity index (χ3n) is 2.83. The summed E-state index contributed by atoms with van der Waals surface area (Å²) in [6.07, 6.45) is -4.43. The van der Waals surface area contributed by atoms with Crippen molar-refractivity contribution in [2.24, 2.45) is 10.2 Å². The molecule has 9 heteroatoms. The van der Waals surface area contributed by atoms with Crippen LogP contribution in [0.25, 0.3) is 0 Å². The molecule has 0 aliphatic carbocycles. The topological polar surface area (TPSA) is 82.7 Å². The Balaban J connectivity index is 2.39. The van der Waals surface area contributed by atoms with E-state index in [1.165, 1.54) is 6.07 Å². The van der Waals surface area contributed by atoms with Gasteiger partial charge >= 0.3 is 6.18 Å². The quantitative estimate of drug-likeness (QED) is 0.846. The van der Waals surface area contributed by atoms with Crippen LogP contribution in [-0.2, 0) is 6.18 Å². The van der Waals surface area contributed by atoms with Gasteiger partial charge in [-0.15, -0.1) is 5.11 Å². The number of aromatic amines is 1. The Bertz CT molecular complexity index is 702. The molecule has 0 spiro atoms. The largest absolute Gasteiger partial charge is 0.416 e. The van der Waals surface area contributed by atoms with Gasteiger partial charge in [0.25, 0.3) is 0 Å². The fourth-order valence-corrected chi connectivity index (χ4v) is 1.84. The van der Waals surface area contributed by atoms with Crippen molar-refractivity contribution < 1.29 is 13.2 Å². The zero-order chi connectivity index (χ0) is 16.5.